The average molecular weight is 267 g/mol. The third-order valence-electron chi connectivity index (χ3n) is 3.53. The lowest BCUT2D eigenvalue weighted by molar-refractivity contribution is 0.203. The van der Waals surface area contributed by atoms with Gasteiger partial charge < -0.3 is 0 Å². The Balaban J connectivity index is 2.40. The zero-order valence-corrected chi connectivity index (χ0v) is 12.1. The smallest absolute Gasteiger partial charge is 0.212 e. The van der Waals surface area contributed by atoms with Gasteiger partial charge in [0.1, 0.15) is 0 Å². The summed E-state index contributed by atoms with van der Waals surface area (Å²) < 4.78 is 26.3. The molecule has 0 N–H and O–H groups in total. The topological polar surface area (TPSA) is 37.4 Å². The highest BCUT2D eigenvalue weighted by molar-refractivity contribution is 7.89. The highest BCUT2D eigenvalue weighted by Crippen LogP contribution is 2.33. The Hall–Kier alpha value is -0.870. The molecule has 0 amide bonds. The van der Waals surface area contributed by atoms with Gasteiger partial charge in [-0.1, -0.05) is 31.2 Å². The molecule has 0 saturated carbocycles. The molecule has 1 heterocycles. The summed E-state index contributed by atoms with van der Waals surface area (Å²) in [5, 5.41) is 0. The fraction of sp³-hybridized carbons (Fsp3) is 0.571. The van der Waals surface area contributed by atoms with Gasteiger partial charge in [-0.3, -0.25) is 0 Å². The maximum atomic E-state index is 12.3. The van der Waals surface area contributed by atoms with Crippen molar-refractivity contribution in [3.05, 3.63) is 35.4 Å². The van der Waals surface area contributed by atoms with Crippen molar-refractivity contribution in [3.8, 4) is 0 Å². The van der Waals surface area contributed by atoms with Crippen molar-refractivity contribution >= 4 is 10.0 Å². The lowest BCUT2D eigenvalue weighted by atomic mass is 9.88. The van der Waals surface area contributed by atoms with E-state index in [0.717, 1.165) is 12.0 Å². The van der Waals surface area contributed by atoms with Crippen molar-refractivity contribution in [2.75, 3.05) is 5.75 Å². The minimum Gasteiger partial charge on any atom is -0.212 e. The van der Waals surface area contributed by atoms with Crippen molar-refractivity contribution in [1.82, 2.24) is 4.31 Å². The van der Waals surface area contributed by atoms with E-state index in [4.69, 9.17) is 0 Å². The van der Waals surface area contributed by atoms with Crippen molar-refractivity contribution < 1.29 is 8.42 Å². The van der Waals surface area contributed by atoms with Crippen LogP contribution >= 0.6 is 0 Å². The van der Waals surface area contributed by atoms with Gasteiger partial charge in [0.15, 0.2) is 0 Å². The van der Waals surface area contributed by atoms with Gasteiger partial charge in [-0.2, -0.15) is 4.31 Å². The zero-order chi connectivity index (χ0) is 13.4. The summed E-state index contributed by atoms with van der Waals surface area (Å²) in [4.78, 5) is 0. The third-order valence-corrected chi connectivity index (χ3v) is 5.75. The molecule has 0 aliphatic carbocycles. The molecule has 1 aliphatic rings. The van der Waals surface area contributed by atoms with Crippen LogP contribution in [0.1, 0.15) is 38.3 Å². The molecule has 0 atom stereocenters. The SMILES string of the molecule is CCCS(=O)(=O)N1Cc2ccccc2CC1(C)C. The van der Waals surface area contributed by atoms with Crippen LogP contribution in [0.2, 0.25) is 0 Å². The number of rotatable bonds is 3. The average Bonchev–Trinajstić information content (AvgIpc) is 2.26. The highest BCUT2D eigenvalue weighted by Gasteiger charge is 2.39. The van der Waals surface area contributed by atoms with E-state index < -0.39 is 10.0 Å². The Bertz CT molecular complexity index is 534. The van der Waals surface area contributed by atoms with Crippen LogP contribution < -0.4 is 0 Å². The van der Waals surface area contributed by atoms with E-state index in [-0.39, 0.29) is 11.3 Å². The van der Waals surface area contributed by atoms with E-state index in [0.29, 0.717) is 13.0 Å². The quantitative estimate of drug-likeness (QED) is 0.844. The van der Waals surface area contributed by atoms with Crippen LogP contribution in [0.4, 0.5) is 0 Å². The van der Waals surface area contributed by atoms with Crippen molar-refractivity contribution in [2.24, 2.45) is 0 Å². The second-order valence-electron chi connectivity index (χ2n) is 5.58. The molecule has 100 valence electrons. The first kappa shape index (κ1) is 13.6. The van der Waals surface area contributed by atoms with E-state index in [1.54, 1.807) is 4.31 Å². The molecule has 0 spiro atoms. The zero-order valence-electron chi connectivity index (χ0n) is 11.3. The van der Waals surface area contributed by atoms with Crippen LogP contribution in [0.5, 0.6) is 0 Å². The Morgan fingerprint density at radius 3 is 2.44 bits per heavy atom. The molecule has 1 aromatic rings. The molecule has 1 aliphatic heterocycles. The summed E-state index contributed by atoms with van der Waals surface area (Å²) in [7, 11) is -3.15. The largest absolute Gasteiger partial charge is 0.214 e. The number of hydrogen-bond donors (Lipinski definition) is 0. The highest BCUT2D eigenvalue weighted by atomic mass is 32.2. The van der Waals surface area contributed by atoms with Crippen LogP contribution in [0, 0.1) is 0 Å². The number of sulfonamides is 1. The molecule has 0 fully saturated rings. The summed E-state index contributed by atoms with van der Waals surface area (Å²) in [6.07, 6.45) is 1.45. The molecule has 3 nitrogen and oxygen atoms in total. The lowest BCUT2D eigenvalue weighted by Crippen LogP contribution is -2.51. The molecular weight excluding hydrogens is 246 g/mol. The van der Waals surface area contributed by atoms with Gasteiger partial charge in [-0.25, -0.2) is 8.42 Å². The molecule has 0 saturated heterocycles. The van der Waals surface area contributed by atoms with Crippen molar-refractivity contribution in [1.29, 1.82) is 0 Å². The summed E-state index contributed by atoms with van der Waals surface area (Å²) >= 11 is 0. The van der Waals surface area contributed by atoms with Crippen LogP contribution in [0.25, 0.3) is 0 Å². The third kappa shape index (κ3) is 2.45. The Morgan fingerprint density at radius 1 is 1.22 bits per heavy atom. The summed E-state index contributed by atoms with van der Waals surface area (Å²) in [6, 6.07) is 8.12. The van der Waals surface area contributed by atoms with E-state index >= 15 is 0 Å². The number of hydrogen-bond acceptors (Lipinski definition) is 2. The van der Waals surface area contributed by atoms with Crippen LogP contribution in [0.15, 0.2) is 24.3 Å². The molecule has 0 radical (unpaired) electrons. The van der Waals surface area contributed by atoms with E-state index in [1.165, 1.54) is 5.56 Å². The first-order valence-electron chi connectivity index (χ1n) is 6.44. The summed E-state index contributed by atoms with van der Waals surface area (Å²) in [5.41, 5.74) is 2.07. The van der Waals surface area contributed by atoms with Gasteiger partial charge in [-0.15, -0.1) is 0 Å². The molecule has 0 unspecified atom stereocenters. The van der Waals surface area contributed by atoms with E-state index in [9.17, 15) is 8.42 Å². The number of fused-ring (bicyclic) bond motifs is 1. The maximum absolute atomic E-state index is 12.3. The van der Waals surface area contributed by atoms with Gasteiger partial charge in [0, 0.05) is 12.1 Å². The second kappa shape index (κ2) is 4.67. The standard InChI is InChI=1S/C14H21NO2S/c1-4-9-18(16,17)15-11-13-8-6-5-7-12(13)10-14(15,2)3/h5-8H,4,9-11H2,1-3H3. The fourth-order valence-corrected chi connectivity index (χ4v) is 4.54. The molecule has 1 aromatic carbocycles. The van der Waals surface area contributed by atoms with Gasteiger partial charge >= 0.3 is 0 Å². The number of benzene rings is 1. The minimum absolute atomic E-state index is 0.235. The predicted molar refractivity (Wildman–Crippen MR) is 73.8 cm³/mol. The van der Waals surface area contributed by atoms with E-state index in [1.807, 2.05) is 39.0 Å². The monoisotopic (exact) mass is 267 g/mol. The molecule has 2 rings (SSSR count). The molecule has 18 heavy (non-hydrogen) atoms. The van der Waals surface area contributed by atoms with E-state index in [2.05, 4.69) is 6.07 Å². The van der Waals surface area contributed by atoms with Crippen molar-refractivity contribution in [3.63, 3.8) is 0 Å². The van der Waals surface area contributed by atoms with Crippen molar-refractivity contribution in [2.45, 2.75) is 45.7 Å². The van der Waals surface area contributed by atoms with Gasteiger partial charge in [0.25, 0.3) is 0 Å². The fourth-order valence-electron chi connectivity index (χ4n) is 2.65. The van der Waals surface area contributed by atoms with Crippen LogP contribution in [0.3, 0.4) is 0 Å². The number of nitrogens with zero attached hydrogens (tertiary/aromatic N) is 1. The van der Waals surface area contributed by atoms with Gasteiger partial charge in [0.2, 0.25) is 10.0 Å². The van der Waals surface area contributed by atoms with Crippen LogP contribution in [-0.4, -0.2) is 24.0 Å². The predicted octanol–water partition coefficient (Wildman–Crippen LogP) is 2.56. The molecular formula is C14H21NO2S. The van der Waals surface area contributed by atoms with Gasteiger partial charge in [-0.05, 0) is 37.8 Å². The Labute approximate surface area is 110 Å². The Kier molecular flexibility index (Phi) is 3.52. The molecule has 0 aromatic heterocycles. The van der Waals surface area contributed by atoms with Gasteiger partial charge in [0.05, 0.1) is 5.75 Å². The minimum atomic E-state index is -3.15. The first-order chi connectivity index (χ1) is 8.37. The second-order valence-corrected chi connectivity index (χ2v) is 7.59. The molecule has 4 heteroatoms. The molecule has 0 bridgehead atoms. The lowest BCUT2D eigenvalue weighted by Gasteiger charge is -2.42. The van der Waals surface area contributed by atoms with Crippen LogP contribution in [-0.2, 0) is 23.0 Å². The summed E-state index contributed by atoms with van der Waals surface area (Å²) in [5.74, 6) is 0.235. The Morgan fingerprint density at radius 2 is 1.83 bits per heavy atom. The normalized spacial score (nSPS) is 19.5. The first-order valence-corrected chi connectivity index (χ1v) is 8.05. The maximum Gasteiger partial charge on any atom is 0.214 e. The summed E-state index contributed by atoms with van der Waals surface area (Å²) in [6.45, 7) is 6.43.